The zero-order chi connectivity index (χ0) is 15.2. The molecule has 0 amide bonds. The summed E-state index contributed by atoms with van der Waals surface area (Å²) in [7, 11) is 0. The van der Waals surface area contributed by atoms with Crippen LogP contribution >= 0.6 is 11.3 Å². The van der Waals surface area contributed by atoms with Gasteiger partial charge in [0, 0.05) is 30.0 Å². The van der Waals surface area contributed by atoms with Crippen LogP contribution in [-0.4, -0.2) is 23.8 Å². The van der Waals surface area contributed by atoms with Crippen molar-refractivity contribution in [3.05, 3.63) is 57.3 Å². The molecule has 2 rings (SSSR count). The molecule has 2 nitrogen and oxygen atoms in total. The van der Waals surface area contributed by atoms with Crippen molar-refractivity contribution >= 4 is 17.1 Å². The maximum absolute atomic E-state index is 12.3. The topological polar surface area (TPSA) is 20.3 Å². The molecule has 0 radical (unpaired) electrons. The van der Waals surface area contributed by atoms with Crippen molar-refractivity contribution in [2.45, 2.75) is 33.7 Å². The normalized spacial score (nSPS) is 11.0. The Morgan fingerprint density at radius 3 is 2.48 bits per heavy atom. The van der Waals surface area contributed by atoms with Gasteiger partial charge in [0.1, 0.15) is 0 Å². The van der Waals surface area contributed by atoms with Gasteiger partial charge in [0.05, 0.1) is 0 Å². The van der Waals surface area contributed by atoms with Gasteiger partial charge in [-0.05, 0) is 44.0 Å². The number of Topliss-reactive ketones (excluding diaryl/α,β-unsaturated/α-hetero) is 1. The van der Waals surface area contributed by atoms with E-state index in [-0.39, 0.29) is 5.78 Å². The van der Waals surface area contributed by atoms with Crippen LogP contribution in [0.4, 0.5) is 0 Å². The summed E-state index contributed by atoms with van der Waals surface area (Å²) < 4.78 is 0. The Morgan fingerprint density at radius 2 is 1.90 bits per heavy atom. The van der Waals surface area contributed by atoms with Gasteiger partial charge in [-0.15, -0.1) is 11.3 Å². The van der Waals surface area contributed by atoms with E-state index < -0.39 is 0 Å². The first-order valence-electron chi connectivity index (χ1n) is 7.44. The molecule has 0 saturated heterocycles. The van der Waals surface area contributed by atoms with E-state index in [1.54, 1.807) is 11.3 Å². The summed E-state index contributed by atoms with van der Waals surface area (Å²) >= 11 is 1.77. The van der Waals surface area contributed by atoms with Gasteiger partial charge in [0.25, 0.3) is 0 Å². The Morgan fingerprint density at radius 1 is 1.19 bits per heavy atom. The molecule has 0 bridgehead atoms. The molecular formula is C18H23NOS. The summed E-state index contributed by atoms with van der Waals surface area (Å²) in [6.07, 6.45) is 0.585. The highest BCUT2D eigenvalue weighted by Gasteiger charge is 2.10. The van der Waals surface area contributed by atoms with Crippen molar-refractivity contribution in [1.82, 2.24) is 4.90 Å². The van der Waals surface area contributed by atoms with Gasteiger partial charge in [-0.3, -0.25) is 9.69 Å². The summed E-state index contributed by atoms with van der Waals surface area (Å²) in [4.78, 5) is 16.0. The third-order valence-corrected chi connectivity index (χ3v) is 4.47. The number of hydrogen-bond acceptors (Lipinski definition) is 3. The molecule has 1 heterocycles. The van der Waals surface area contributed by atoms with Gasteiger partial charge in [-0.2, -0.15) is 0 Å². The number of rotatable bonds is 7. The maximum Gasteiger partial charge on any atom is 0.164 e. The summed E-state index contributed by atoms with van der Waals surface area (Å²) in [5.41, 5.74) is 3.16. The highest BCUT2D eigenvalue weighted by Crippen LogP contribution is 2.14. The van der Waals surface area contributed by atoms with Crippen LogP contribution in [0.5, 0.6) is 0 Å². The highest BCUT2D eigenvalue weighted by atomic mass is 32.1. The molecular weight excluding hydrogens is 278 g/mol. The fraction of sp³-hybridized carbons (Fsp3) is 0.389. The second kappa shape index (κ2) is 7.53. The molecule has 21 heavy (non-hydrogen) atoms. The molecule has 3 heteroatoms. The third kappa shape index (κ3) is 4.80. The lowest BCUT2D eigenvalue weighted by Gasteiger charge is -2.19. The number of benzene rings is 1. The van der Waals surface area contributed by atoms with Gasteiger partial charge in [-0.25, -0.2) is 0 Å². The van der Waals surface area contributed by atoms with Crippen LogP contribution < -0.4 is 0 Å². The van der Waals surface area contributed by atoms with Gasteiger partial charge >= 0.3 is 0 Å². The van der Waals surface area contributed by atoms with Crippen LogP contribution in [0, 0.1) is 13.8 Å². The largest absolute Gasteiger partial charge is 0.298 e. The van der Waals surface area contributed by atoms with Crippen LogP contribution in [0.3, 0.4) is 0 Å². The quantitative estimate of drug-likeness (QED) is 0.704. The molecule has 0 fully saturated rings. The lowest BCUT2D eigenvalue weighted by molar-refractivity contribution is 0.0963. The van der Waals surface area contributed by atoms with Gasteiger partial charge < -0.3 is 0 Å². The third-order valence-electron chi connectivity index (χ3n) is 3.61. The van der Waals surface area contributed by atoms with E-state index in [0.717, 1.165) is 36.3 Å². The van der Waals surface area contributed by atoms with Crippen LogP contribution in [0.2, 0.25) is 0 Å². The molecule has 112 valence electrons. The summed E-state index contributed by atoms with van der Waals surface area (Å²) in [6.45, 7) is 8.96. The Bertz CT molecular complexity index is 569. The lowest BCUT2D eigenvalue weighted by atomic mass is 10.0. The minimum absolute atomic E-state index is 0.242. The van der Waals surface area contributed by atoms with E-state index >= 15 is 0 Å². The standard InChI is InChI=1S/C18H23NOS/c1-4-19(13-17-6-5-9-21-17)8-7-18(20)16-11-14(2)10-15(3)12-16/h5-6,9-12H,4,7-8,13H2,1-3H3. The van der Waals surface area contributed by atoms with Crippen LogP contribution in [-0.2, 0) is 6.54 Å². The average Bonchev–Trinajstić information content (AvgIpc) is 2.94. The first-order valence-corrected chi connectivity index (χ1v) is 8.32. The monoisotopic (exact) mass is 301 g/mol. The molecule has 0 unspecified atom stereocenters. The molecule has 0 atom stereocenters. The number of ketones is 1. The van der Waals surface area contributed by atoms with E-state index in [1.165, 1.54) is 4.88 Å². The van der Waals surface area contributed by atoms with Gasteiger partial charge in [-0.1, -0.05) is 30.2 Å². The van der Waals surface area contributed by atoms with Crippen LogP contribution in [0.1, 0.15) is 39.7 Å². The van der Waals surface area contributed by atoms with Gasteiger partial charge in [0.15, 0.2) is 5.78 Å². The first-order chi connectivity index (χ1) is 10.1. The summed E-state index contributed by atoms with van der Waals surface area (Å²) in [5, 5.41) is 2.10. The second-order valence-corrected chi connectivity index (χ2v) is 6.53. The van der Waals surface area contributed by atoms with Crippen molar-refractivity contribution in [1.29, 1.82) is 0 Å². The second-order valence-electron chi connectivity index (χ2n) is 5.50. The molecule has 0 N–H and O–H groups in total. The molecule has 1 aromatic heterocycles. The predicted molar refractivity (Wildman–Crippen MR) is 90.1 cm³/mol. The molecule has 2 aromatic rings. The van der Waals surface area contributed by atoms with E-state index in [1.807, 2.05) is 26.0 Å². The zero-order valence-electron chi connectivity index (χ0n) is 13.1. The maximum atomic E-state index is 12.3. The van der Waals surface area contributed by atoms with Crippen LogP contribution in [0.15, 0.2) is 35.7 Å². The fourth-order valence-electron chi connectivity index (χ4n) is 2.51. The molecule has 0 spiro atoms. The van der Waals surface area contributed by atoms with Crippen molar-refractivity contribution in [2.75, 3.05) is 13.1 Å². The van der Waals surface area contributed by atoms with E-state index in [9.17, 15) is 4.79 Å². The number of carbonyl (C=O) groups excluding carboxylic acids is 1. The Kier molecular flexibility index (Phi) is 5.71. The van der Waals surface area contributed by atoms with E-state index in [0.29, 0.717) is 6.42 Å². The molecule has 0 aliphatic rings. The minimum atomic E-state index is 0.242. The number of carbonyl (C=O) groups is 1. The van der Waals surface area contributed by atoms with Crippen molar-refractivity contribution in [3.8, 4) is 0 Å². The van der Waals surface area contributed by atoms with E-state index in [2.05, 4.69) is 35.4 Å². The molecule has 0 aliphatic heterocycles. The predicted octanol–water partition coefficient (Wildman–Crippen LogP) is 4.46. The summed E-state index contributed by atoms with van der Waals surface area (Å²) in [5.74, 6) is 0.242. The molecule has 0 saturated carbocycles. The molecule has 0 aliphatic carbocycles. The zero-order valence-corrected chi connectivity index (χ0v) is 13.9. The van der Waals surface area contributed by atoms with Crippen molar-refractivity contribution in [2.24, 2.45) is 0 Å². The number of aryl methyl sites for hydroxylation is 2. The van der Waals surface area contributed by atoms with Gasteiger partial charge in [0.2, 0.25) is 0 Å². The SMILES string of the molecule is CCN(CCC(=O)c1cc(C)cc(C)c1)Cc1cccs1. The number of thiophene rings is 1. The van der Waals surface area contributed by atoms with Crippen molar-refractivity contribution in [3.63, 3.8) is 0 Å². The molecule has 1 aromatic carbocycles. The van der Waals surface area contributed by atoms with E-state index in [4.69, 9.17) is 0 Å². The first kappa shape index (κ1) is 15.9. The number of nitrogens with zero attached hydrogens (tertiary/aromatic N) is 1. The Labute approximate surface area is 131 Å². The smallest absolute Gasteiger partial charge is 0.164 e. The Balaban J connectivity index is 1.92. The fourth-order valence-corrected chi connectivity index (χ4v) is 3.26. The van der Waals surface area contributed by atoms with Crippen LogP contribution in [0.25, 0.3) is 0 Å². The Hall–Kier alpha value is -1.45. The lowest BCUT2D eigenvalue weighted by Crippen LogP contribution is -2.25. The van der Waals surface area contributed by atoms with Crippen molar-refractivity contribution < 1.29 is 4.79 Å². The minimum Gasteiger partial charge on any atom is -0.298 e. The summed E-state index contributed by atoms with van der Waals surface area (Å²) in [6, 6.07) is 10.3. The highest BCUT2D eigenvalue weighted by molar-refractivity contribution is 7.09. The number of hydrogen-bond donors (Lipinski definition) is 0. The average molecular weight is 301 g/mol.